The number of nitrogens with zero attached hydrogens (tertiary/aromatic N) is 2. The standard InChI is InChI=1S/C12H20N2O/c1-3-11(9-13)12(15)14-7-4-5-10(2)6-8-14/h10-11H,3-8H2,1-2H3. The summed E-state index contributed by atoms with van der Waals surface area (Å²) < 4.78 is 0. The summed E-state index contributed by atoms with van der Waals surface area (Å²) >= 11 is 0. The van der Waals surface area contributed by atoms with Crippen molar-refractivity contribution in [3.63, 3.8) is 0 Å². The highest BCUT2D eigenvalue weighted by Gasteiger charge is 2.24. The fourth-order valence-electron chi connectivity index (χ4n) is 2.02. The first-order valence-corrected chi connectivity index (χ1v) is 5.87. The molecular formula is C12H20N2O. The molecule has 0 bridgehead atoms. The third kappa shape index (κ3) is 3.23. The number of nitriles is 1. The molecule has 0 aromatic carbocycles. The minimum Gasteiger partial charge on any atom is -0.342 e. The van der Waals surface area contributed by atoms with E-state index in [1.54, 1.807) is 0 Å². The van der Waals surface area contributed by atoms with Crippen LogP contribution in [0.4, 0.5) is 0 Å². The highest BCUT2D eigenvalue weighted by Crippen LogP contribution is 2.18. The Morgan fingerprint density at radius 2 is 2.27 bits per heavy atom. The predicted molar refractivity (Wildman–Crippen MR) is 59.0 cm³/mol. The Morgan fingerprint density at radius 3 is 2.87 bits per heavy atom. The number of likely N-dealkylation sites (tertiary alicyclic amines) is 1. The molecule has 0 spiro atoms. The van der Waals surface area contributed by atoms with E-state index >= 15 is 0 Å². The van der Waals surface area contributed by atoms with Crippen LogP contribution in [0.1, 0.15) is 39.5 Å². The van der Waals surface area contributed by atoms with Crippen molar-refractivity contribution in [1.82, 2.24) is 4.90 Å². The zero-order valence-corrected chi connectivity index (χ0v) is 9.70. The molecule has 0 saturated carbocycles. The maximum absolute atomic E-state index is 11.9. The van der Waals surface area contributed by atoms with Crippen LogP contribution in [0.25, 0.3) is 0 Å². The lowest BCUT2D eigenvalue weighted by atomic mass is 10.0. The first-order chi connectivity index (χ1) is 7.19. The van der Waals surface area contributed by atoms with E-state index in [1.807, 2.05) is 11.8 Å². The topological polar surface area (TPSA) is 44.1 Å². The molecule has 0 N–H and O–H groups in total. The SMILES string of the molecule is CCC(C#N)C(=O)N1CCCC(C)CC1. The smallest absolute Gasteiger partial charge is 0.239 e. The monoisotopic (exact) mass is 208 g/mol. The van der Waals surface area contributed by atoms with E-state index in [1.165, 1.54) is 6.42 Å². The molecule has 3 nitrogen and oxygen atoms in total. The molecule has 0 aromatic rings. The van der Waals surface area contributed by atoms with E-state index in [0.717, 1.165) is 25.9 Å². The molecule has 2 atom stereocenters. The first-order valence-electron chi connectivity index (χ1n) is 5.87. The summed E-state index contributed by atoms with van der Waals surface area (Å²) in [6.45, 7) is 5.79. The van der Waals surface area contributed by atoms with Gasteiger partial charge in [0.2, 0.25) is 5.91 Å². The second kappa shape index (κ2) is 5.75. The van der Waals surface area contributed by atoms with E-state index in [4.69, 9.17) is 5.26 Å². The number of hydrogen-bond acceptors (Lipinski definition) is 2. The summed E-state index contributed by atoms with van der Waals surface area (Å²) in [5, 5.41) is 8.85. The lowest BCUT2D eigenvalue weighted by Crippen LogP contribution is -2.36. The van der Waals surface area contributed by atoms with Gasteiger partial charge in [-0.2, -0.15) is 5.26 Å². The van der Waals surface area contributed by atoms with Gasteiger partial charge < -0.3 is 4.90 Å². The van der Waals surface area contributed by atoms with Crippen LogP contribution in [0.15, 0.2) is 0 Å². The van der Waals surface area contributed by atoms with E-state index in [9.17, 15) is 4.79 Å². The highest BCUT2D eigenvalue weighted by atomic mass is 16.2. The molecule has 84 valence electrons. The van der Waals surface area contributed by atoms with Gasteiger partial charge in [-0.1, -0.05) is 13.8 Å². The largest absolute Gasteiger partial charge is 0.342 e. The average Bonchev–Trinajstić information content (AvgIpc) is 2.44. The molecule has 0 aliphatic carbocycles. The molecule has 1 aliphatic heterocycles. The highest BCUT2D eigenvalue weighted by molar-refractivity contribution is 5.81. The molecule has 1 fully saturated rings. The van der Waals surface area contributed by atoms with Crippen LogP contribution in [0.5, 0.6) is 0 Å². The molecule has 2 unspecified atom stereocenters. The normalized spacial score (nSPS) is 24.1. The Balaban J connectivity index is 2.55. The number of rotatable bonds is 2. The average molecular weight is 208 g/mol. The van der Waals surface area contributed by atoms with Crippen molar-refractivity contribution in [3.05, 3.63) is 0 Å². The van der Waals surface area contributed by atoms with Gasteiger partial charge in [-0.3, -0.25) is 4.79 Å². The molecule has 1 heterocycles. The lowest BCUT2D eigenvalue weighted by molar-refractivity contribution is -0.133. The molecule has 0 aromatic heterocycles. The van der Waals surface area contributed by atoms with Gasteiger partial charge in [-0.15, -0.1) is 0 Å². The Bertz CT molecular complexity index is 257. The van der Waals surface area contributed by atoms with Crippen molar-refractivity contribution in [3.8, 4) is 6.07 Å². The van der Waals surface area contributed by atoms with Crippen molar-refractivity contribution in [2.45, 2.75) is 39.5 Å². The summed E-state index contributed by atoms with van der Waals surface area (Å²) in [7, 11) is 0. The molecule has 1 rings (SSSR count). The second-order valence-corrected chi connectivity index (χ2v) is 4.45. The molecular weight excluding hydrogens is 188 g/mol. The van der Waals surface area contributed by atoms with E-state index in [2.05, 4.69) is 13.0 Å². The third-order valence-electron chi connectivity index (χ3n) is 3.19. The first kappa shape index (κ1) is 12.0. The maximum Gasteiger partial charge on any atom is 0.239 e. The van der Waals surface area contributed by atoms with Gasteiger partial charge in [0, 0.05) is 13.1 Å². The fraction of sp³-hybridized carbons (Fsp3) is 0.833. The van der Waals surface area contributed by atoms with Crippen LogP contribution < -0.4 is 0 Å². The van der Waals surface area contributed by atoms with Crippen molar-refractivity contribution < 1.29 is 4.79 Å². The van der Waals surface area contributed by atoms with E-state index in [-0.39, 0.29) is 5.91 Å². The number of carbonyl (C=O) groups excluding carboxylic acids is 1. The third-order valence-corrected chi connectivity index (χ3v) is 3.19. The Labute approximate surface area is 92.1 Å². The number of amides is 1. The fourth-order valence-corrected chi connectivity index (χ4v) is 2.02. The van der Waals surface area contributed by atoms with Gasteiger partial charge in [-0.05, 0) is 31.6 Å². The van der Waals surface area contributed by atoms with Crippen LogP contribution in [-0.2, 0) is 4.79 Å². The summed E-state index contributed by atoms with van der Waals surface area (Å²) in [5.41, 5.74) is 0. The van der Waals surface area contributed by atoms with Gasteiger partial charge in [0.15, 0.2) is 0 Å². The van der Waals surface area contributed by atoms with Crippen LogP contribution in [0, 0.1) is 23.2 Å². The predicted octanol–water partition coefficient (Wildman–Crippen LogP) is 2.18. The van der Waals surface area contributed by atoms with Gasteiger partial charge in [0.25, 0.3) is 0 Å². The van der Waals surface area contributed by atoms with E-state index < -0.39 is 5.92 Å². The quantitative estimate of drug-likeness (QED) is 0.698. The minimum absolute atomic E-state index is 0.0362. The van der Waals surface area contributed by atoms with Crippen molar-refractivity contribution in [1.29, 1.82) is 5.26 Å². The van der Waals surface area contributed by atoms with Crippen LogP contribution in [0.3, 0.4) is 0 Å². The molecule has 1 saturated heterocycles. The van der Waals surface area contributed by atoms with Crippen LogP contribution in [0.2, 0.25) is 0 Å². The van der Waals surface area contributed by atoms with E-state index in [0.29, 0.717) is 12.3 Å². The molecule has 0 radical (unpaired) electrons. The zero-order chi connectivity index (χ0) is 11.3. The zero-order valence-electron chi connectivity index (χ0n) is 9.70. The van der Waals surface area contributed by atoms with Gasteiger partial charge in [0.05, 0.1) is 6.07 Å². The number of carbonyl (C=O) groups is 1. The summed E-state index contributed by atoms with van der Waals surface area (Å²) in [5.74, 6) is 0.317. The van der Waals surface area contributed by atoms with Crippen LogP contribution in [-0.4, -0.2) is 23.9 Å². The molecule has 1 amide bonds. The Morgan fingerprint density at radius 1 is 1.53 bits per heavy atom. The minimum atomic E-state index is -0.432. The molecule has 1 aliphatic rings. The summed E-state index contributed by atoms with van der Waals surface area (Å²) in [4.78, 5) is 13.8. The Kier molecular flexibility index (Phi) is 4.61. The Hall–Kier alpha value is -1.04. The summed E-state index contributed by atoms with van der Waals surface area (Å²) in [6.07, 6.45) is 3.98. The van der Waals surface area contributed by atoms with Crippen molar-refractivity contribution in [2.75, 3.05) is 13.1 Å². The van der Waals surface area contributed by atoms with Crippen LogP contribution >= 0.6 is 0 Å². The second-order valence-electron chi connectivity index (χ2n) is 4.45. The van der Waals surface area contributed by atoms with Gasteiger partial charge in [0.1, 0.15) is 5.92 Å². The molecule has 3 heteroatoms. The lowest BCUT2D eigenvalue weighted by Gasteiger charge is -2.22. The van der Waals surface area contributed by atoms with Gasteiger partial charge in [-0.25, -0.2) is 0 Å². The van der Waals surface area contributed by atoms with Gasteiger partial charge >= 0.3 is 0 Å². The van der Waals surface area contributed by atoms with Crippen molar-refractivity contribution >= 4 is 5.91 Å². The number of hydrogen-bond donors (Lipinski definition) is 0. The van der Waals surface area contributed by atoms with Crippen molar-refractivity contribution in [2.24, 2.45) is 11.8 Å². The molecule has 15 heavy (non-hydrogen) atoms. The summed E-state index contributed by atoms with van der Waals surface area (Å²) in [6, 6.07) is 2.09. The maximum atomic E-state index is 11.9.